The van der Waals surface area contributed by atoms with Crippen molar-refractivity contribution in [2.45, 2.75) is 9.65 Å². The van der Waals surface area contributed by atoms with Gasteiger partial charge in [-0.15, -0.1) is 0 Å². The van der Waals surface area contributed by atoms with E-state index in [0.717, 1.165) is 21.9 Å². The predicted octanol–water partition coefficient (Wildman–Crippen LogP) is 7.19. The van der Waals surface area contributed by atoms with Crippen LogP contribution < -0.4 is 0 Å². The van der Waals surface area contributed by atoms with E-state index in [1.165, 1.54) is 0 Å². The molecule has 2 nitrogen and oxygen atoms in total. The Bertz CT molecular complexity index is 1200. The van der Waals surface area contributed by atoms with Crippen LogP contribution in [0.1, 0.15) is 52.6 Å². The number of ketones is 2. The maximum absolute atomic E-state index is 13.4. The number of benzene rings is 4. The lowest BCUT2D eigenvalue weighted by atomic mass is 9.88. The second-order valence-electron chi connectivity index (χ2n) is 7.35. The number of hydrogen-bond acceptors (Lipinski definition) is 2. The molecule has 5 rings (SSSR count). The van der Waals surface area contributed by atoms with Crippen molar-refractivity contribution in [1.29, 1.82) is 0 Å². The van der Waals surface area contributed by atoms with Crippen LogP contribution in [0.3, 0.4) is 0 Å². The number of halogens is 2. The van der Waals surface area contributed by atoms with Crippen LogP contribution in [-0.2, 0) is 0 Å². The molecule has 2 atom stereocenters. The highest BCUT2D eigenvalue weighted by Gasteiger charge is 2.34. The first-order valence-electron chi connectivity index (χ1n) is 9.65. The molecule has 0 radical (unpaired) electrons. The summed E-state index contributed by atoms with van der Waals surface area (Å²) in [6.07, 6.45) is 0. The zero-order valence-corrected chi connectivity index (χ0v) is 19.0. The normalized spacial score (nSPS) is 17.3. The smallest absolute Gasteiger partial charge is 0.193 e. The third-order valence-corrected chi connectivity index (χ3v) is 8.39. The van der Waals surface area contributed by atoms with Crippen LogP contribution >= 0.6 is 31.9 Å². The van der Waals surface area contributed by atoms with Crippen LogP contribution in [0.15, 0.2) is 84.9 Å². The van der Waals surface area contributed by atoms with Crippen LogP contribution in [0.25, 0.3) is 10.8 Å². The van der Waals surface area contributed by atoms with Gasteiger partial charge in [-0.1, -0.05) is 117 Å². The molecule has 1 aliphatic carbocycles. The predicted molar refractivity (Wildman–Crippen MR) is 127 cm³/mol. The molecule has 4 aromatic rings. The van der Waals surface area contributed by atoms with E-state index >= 15 is 0 Å². The van der Waals surface area contributed by atoms with Gasteiger partial charge in [0.25, 0.3) is 0 Å². The Morgan fingerprint density at radius 1 is 0.533 bits per heavy atom. The van der Waals surface area contributed by atoms with Crippen LogP contribution in [0.2, 0.25) is 0 Å². The van der Waals surface area contributed by atoms with Crippen LogP contribution in [0, 0.1) is 0 Å². The number of carbonyl (C=O) groups excluding carboxylic acids is 2. The van der Waals surface area contributed by atoms with E-state index in [9.17, 15) is 9.59 Å². The molecule has 0 spiro atoms. The SMILES string of the molecule is O=C(c1ccccc1)c1ccc2c3c(ccc(C(=O)c4ccccc4)c13)C(Br)C2Br. The zero-order valence-electron chi connectivity index (χ0n) is 15.8. The van der Waals surface area contributed by atoms with Crippen molar-refractivity contribution in [3.63, 3.8) is 0 Å². The van der Waals surface area contributed by atoms with E-state index in [2.05, 4.69) is 31.9 Å². The topological polar surface area (TPSA) is 34.1 Å². The molecule has 30 heavy (non-hydrogen) atoms. The molecule has 0 fully saturated rings. The van der Waals surface area contributed by atoms with E-state index in [4.69, 9.17) is 0 Å². The second-order valence-corrected chi connectivity index (χ2v) is 9.32. The van der Waals surface area contributed by atoms with Gasteiger partial charge in [0.15, 0.2) is 11.6 Å². The summed E-state index contributed by atoms with van der Waals surface area (Å²) in [4.78, 5) is 27.0. The second kappa shape index (κ2) is 7.60. The molecule has 2 unspecified atom stereocenters. The molecular formula is C26H16Br2O2. The quantitative estimate of drug-likeness (QED) is 0.211. The molecule has 0 N–H and O–H groups in total. The fourth-order valence-electron chi connectivity index (χ4n) is 4.19. The molecule has 1 aliphatic rings. The number of carbonyl (C=O) groups is 2. The Kier molecular flexibility index (Phi) is 4.92. The molecule has 0 amide bonds. The van der Waals surface area contributed by atoms with Crippen molar-refractivity contribution >= 4 is 54.2 Å². The molecule has 146 valence electrons. The van der Waals surface area contributed by atoms with Crippen molar-refractivity contribution in [3.05, 3.63) is 118 Å². The van der Waals surface area contributed by atoms with Crippen molar-refractivity contribution in [1.82, 2.24) is 0 Å². The van der Waals surface area contributed by atoms with E-state index in [0.29, 0.717) is 22.3 Å². The highest BCUT2D eigenvalue weighted by molar-refractivity contribution is 9.12. The summed E-state index contributed by atoms with van der Waals surface area (Å²) in [5.74, 6) is -0.156. The number of rotatable bonds is 4. The summed E-state index contributed by atoms with van der Waals surface area (Å²) in [6, 6.07) is 26.1. The lowest BCUT2D eigenvalue weighted by Crippen LogP contribution is -2.08. The fourth-order valence-corrected chi connectivity index (χ4v) is 5.53. The number of hydrogen-bond donors (Lipinski definition) is 0. The van der Waals surface area contributed by atoms with Gasteiger partial charge in [-0.3, -0.25) is 9.59 Å². The van der Waals surface area contributed by atoms with Crippen molar-refractivity contribution < 1.29 is 9.59 Å². The molecular weight excluding hydrogens is 504 g/mol. The molecule has 0 aliphatic heterocycles. The largest absolute Gasteiger partial charge is 0.289 e. The molecule has 0 aromatic heterocycles. The van der Waals surface area contributed by atoms with Crippen molar-refractivity contribution in [2.24, 2.45) is 0 Å². The molecule has 4 aromatic carbocycles. The Balaban J connectivity index is 1.82. The monoisotopic (exact) mass is 518 g/mol. The minimum absolute atomic E-state index is 0.0782. The Morgan fingerprint density at radius 3 is 1.33 bits per heavy atom. The lowest BCUT2D eigenvalue weighted by Gasteiger charge is -2.13. The summed E-state index contributed by atoms with van der Waals surface area (Å²) < 4.78 is 0. The van der Waals surface area contributed by atoms with Crippen LogP contribution in [0.5, 0.6) is 0 Å². The Hall–Kier alpha value is -2.56. The first-order chi connectivity index (χ1) is 14.6. The van der Waals surface area contributed by atoms with Gasteiger partial charge in [0.2, 0.25) is 0 Å². The summed E-state index contributed by atoms with van der Waals surface area (Å²) in [7, 11) is 0. The average Bonchev–Trinajstić information content (AvgIpc) is 3.06. The van der Waals surface area contributed by atoms with E-state index in [1.54, 1.807) is 0 Å². The molecule has 4 heteroatoms. The minimum Gasteiger partial charge on any atom is -0.289 e. The average molecular weight is 520 g/mol. The first-order valence-corrected chi connectivity index (χ1v) is 11.5. The summed E-state index contributed by atoms with van der Waals surface area (Å²) >= 11 is 7.55. The summed E-state index contributed by atoms with van der Waals surface area (Å²) in [5, 5.41) is 1.72. The summed E-state index contributed by atoms with van der Waals surface area (Å²) in [6.45, 7) is 0. The standard InChI is InChI=1S/C26H16Br2O2/c27-23-17-11-13-19(25(29)15-7-3-1-4-8-15)22-20(14-12-18(21(17)22)24(23)28)26(30)16-9-5-2-6-10-16/h1-14,23-24H. The van der Waals surface area contributed by atoms with E-state index in [1.807, 2.05) is 84.9 Å². The van der Waals surface area contributed by atoms with E-state index in [-0.39, 0.29) is 21.2 Å². The third-order valence-electron chi connectivity index (χ3n) is 5.64. The van der Waals surface area contributed by atoms with Gasteiger partial charge in [-0.05, 0) is 16.5 Å². The van der Waals surface area contributed by atoms with Gasteiger partial charge in [0, 0.05) is 27.6 Å². The molecule has 0 bridgehead atoms. The zero-order chi connectivity index (χ0) is 20.8. The molecule has 0 saturated heterocycles. The maximum Gasteiger partial charge on any atom is 0.193 e. The van der Waals surface area contributed by atoms with Gasteiger partial charge < -0.3 is 0 Å². The van der Waals surface area contributed by atoms with Gasteiger partial charge in [0.05, 0.1) is 9.65 Å². The van der Waals surface area contributed by atoms with Crippen molar-refractivity contribution in [2.75, 3.05) is 0 Å². The minimum atomic E-state index is -0.0782. The van der Waals surface area contributed by atoms with E-state index < -0.39 is 0 Å². The highest BCUT2D eigenvalue weighted by Crippen LogP contribution is 2.54. The molecule has 0 saturated carbocycles. The summed E-state index contributed by atoms with van der Waals surface area (Å²) in [5.41, 5.74) is 4.52. The maximum atomic E-state index is 13.4. The van der Waals surface area contributed by atoms with Crippen LogP contribution in [0.4, 0.5) is 0 Å². The number of alkyl halides is 2. The fraction of sp³-hybridized carbons (Fsp3) is 0.0769. The Labute approximate surface area is 191 Å². The van der Waals surface area contributed by atoms with Crippen molar-refractivity contribution in [3.8, 4) is 0 Å². The first kappa shape index (κ1) is 19.4. The van der Waals surface area contributed by atoms with Gasteiger partial charge in [-0.25, -0.2) is 0 Å². The highest BCUT2D eigenvalue weighted by atomic mass is 79.9. The van der Waals surface area contributed by atoms with Gasteiger partial charge in [-0.2, -0.15) is 0 Å². The van der Waals surface area contributed by atoms with Gasteiger partial charge in [0.1, 0.15) is 0 Å². The molecule has 0 heterocycles. The third kappa shape index (κ3) is 2.98. The Morgan fingerprint density at radius 2 is 0.933 bits per heavy atom. The lowest BCUT2D eigenvalue weighted by molar-refractivity contribution is 0.103. The van der Waals surface area contributed by atoms with Gasteiger partial charge >= 0.3 is 0 Å². The van der Waals surface area contributed by atoms with Crippen LogP contribution in [-0.4, -0.2) is 11.6 Å².